The van der Waals surface area contributed by atoms with Gasteiger partial charge in [0.25, 0.3) is 0 Å². The van der Waals surface area contributed by atoms with E-state index in [4.69, 9.17) is 4.74 Å². The first-order valence-corrected chi connectivity index (χ1v) is 6.91. The third kappa shape index (κ3) is 3.43. The first kappa shape index (κ1) is 13.3. The molecule has 0 spiro atoms. The number of benzene rings is 2. The van der Waals surface area contributed by atoms with E-state index in [0.29, 0.717) is 5.56 Å². The first-order chi connectivity index (χ1) is 8.66. The summed E-state index contributed by atoms with van der Waals surface area (Å²) >= 11 is 6.71. The predicted molar refractivity (Wildman–Crippen MR) is 77.4 cm³/mol. The van der Waals surface area contributed by atoms with Crippen LogP contribution in [0.15, 0.2) is 57.5 Å². The largest absolute Gasteiger partial charge is 0.457 e. The van der Waals surface area contributed by atoms with E-state index in [1.54, 1.807) is 12.1 Å². The summed E-state index contributed by atoms with van der Waals surface area (Å²) in [7, 11) is 0. The van der Waals surface area contributed by atoms with Crippen molar-refractivity contribution in [3.63, 3.8) is 0 Å². The molecule has 0 fully saturated rings. The topological polar surface area (TPSA) is 26.3 Å². The lowest BCUT2D eigenvalue weighted by Gasteiger charge is -2.05. The van der Waals surface area contributed by atoms with Gasteiger partial charge in [-0.15, -0.1) is 0 Å². The van der Waals surface area contributed by atoms with Gasteiger partial charge in [-0.3, -0.25) is 0 Å². The van der Waals surface area contributed by atoms with Crippen molar-refractivity contribution in [2.75, 3.05) is 0 Å². The molecule has 0 atom stereocenters. The third-order valence-corrected chi connectivity index (χ3v) is 4.25. The van der Waals surface area contributed by atoms with E-state index in [2.05, 4.69) is 31.9 Å². The lowest BCUT2D eigenvalue weighted by Crippen LogP contribution is -2.05. The van der Waals surface area contributed by atoms with Crippen LogP contribution in [0.4, 0.5) is 0 Å². The zero-order chi connectivity index (χ0) is 13.0. The number of esters is 1. The molecular formula is C14H10Br2O2. The molecule has 0 aromatic heterocycles. The summed E-state index contributed by atoms with van der Waals surface area (Å²) in [6.07, 6.45) is 0. The van der Waals surface area contributed by atoms with E-state index in [0.717, 1.165) is 14.5 Å². The van der Waals surface area contributed by atoms with Gasteiger partial charge in [0.1, 0.15) is 6.61 Å². The Morgan fingerprint density at radius 3 is 2.39 bits per heavy atom. The molecule has 2 rings (SSSR count). The third-order valence-electron chi connectivity index (χ3n) is 2.37. The Morgan fingerprint density at radius 1 is 1.00 bits per heavy atom. The van der Waals surface area contributed by atoms with Crippen molar-refractivity contribution in [3.8, 4) is 0 Å². The van der Waals surface area contributed by atoms with Gasteiger partial charge in [0.2, 0.25) is 0 Å². The minimum atomic E-state index is -0.327. The lowest BCUT2D eigenvalue weighted by molar-refractivity contribution is 0.0472. The monoisotopic (exact) mass is 368 g/mol. The fourth-order valence-electron chi connectivity index (χ4n) is 1.43. The van der Waals surface area contributed by atoms with Gasteiger partial charge in [0, 0.05) is 8.95 Å². The van der Waals surface area contributed by atoms with Crippen LogP contribution in [0.1, 0.15) is 15.9 Å². The highest BCUT2D eigenvalue weighted by Gasteiger charge is 2.09. The van der Waals surface area contributed by atoms with E-state index < -0.39 is 0 Å². The fraction of sp³-hybridized carbons (Fsp3) is 0.0714. The van der Waals surface area contributed by atoms with Crippen molar-refractivity contribution in [1.82, 2.24) is 0 Å². The molecule has 0 aliphatic carbocycles. The maximum atomic E-state index is 11.8. The quantitative estimate of drug-likeness (QED) is 0.741. The molecular weight excluding hydrogens is 360 g/mol. The Morgan fingerprint density at radius 2 is 1.72 bits per heavy atom. The molecule has 0 radical (unpaired) electrons. The molecule has 4 heteroatoms. The number of hydrogen-bond donors (Lipinski definition) is 0. The maximum absolute atomic E-state index is 11.8. The second-order valence-corrected chi connectivity index (χ2v) is 5.40. The first-order valence-electron chi connectivity index (χ1n) is 5.33. The van der Waals surface area contributed by atoms with E-state index in [1.807, 2.05) is 36.4 Å². The van der Waals surface area contributed by atoms with E-state index in [-0.39, 0.29) is 12.6 Å². The smallest absolute Gasteiger partial charge is 0.338 e. The average molecular weight is 370 g/mol. The van der Waals surface area contributed by atoms with Gasteiger partial charge >= 0.3 is 5.97 Å². The van der Waals surface area contributed by atoms with Gasteiger partial charge in [-0.05, 0) is 55.6 Å². The molecule has 0 aliphatic rings. The zero-order valence-electron chi connectivity index (χ0n) is 9.40. The molecule has 0 heterocycles. The normalized spacial score (nSPS) is 10.1. The Bertz CT molecular complexity index is 553. The van der Waals surface area contributed by atoms with Crippen LogP contribution >= 0.6 is 31.9 Å². The van der Waals surface area contributed by atoms with Gasteiger partial charge in [-0.1, -0.05) is 30.3 Å². The van der Waals surface area contributed by atoms with Gasteiger partial charge in [0.15, 0.2) is 0 Å². The molecule has 2 nitrogen and oxygen atoms in total. The molecule has 18 heavy (non-hydrogen) atoms. The van der Waals surface area contributed by atoms with Crippen molar-refractivity contribution in [3.05, 3.63) is 68.6 Å². The summed E-state index contributed by atoms with van der Waals surface area (Å²) in [5, 5.41) is 0. The maximum Gasteiger partial charge on any atom is 0.338 e. The minimum absolute atomic E-state index is 0.285. The highest BCUT2D eigenvalue weighted by molar-refractivity contribution is 9.13. The average Bonchev–Trinajstić information content (AvgIpc) is 2.40. The second kappa shape index (κ2) is 6.16. The number of halogens is 2. The Labute approximate surface area is 122 Å². The number of hydrogen-bond acceptors (Lipinski definition) is 2. The van der Waals surface area contributed by atoms with E-state index in [9.17, 15) is 4.79 Å². The van der Waals surface area contributed by atoms with Crippen LogP contribution in [0.2, 0.25) is 0 Å². The Balaban J connectivity index is 2.02. The zero-order valence-corrected chi connectivity index (χ0v) is 12.6. The summed E-state index contributed by atoms with van der Waals surface area (Å²) in [5.74, 6) is -0.327. The van der Waals surface area contributed by atoms with Gasteiger partial charge in [-0.2, -0.15) is 0 Å². The molecule has 2 aromatic rings. The molecule has 0 unspecified atom stereocenters. The highest BCUT2D eigenvalue weighted by atomic mass is 79.9. The Kier molecular flexibility index (Phi) is 4.55. The second-order valence-electron chi connectivity index (χ2n) is 3.69. The van der Waals surface area contributed by atoms with Crippen molar-refractivity contribution in [2.24, 2.45) is 0 Å². The molecule has 0 amide bonds. The fourth-order valence-corrected chi connectivity index (χ4v) is 2.05. The predicted octanol–water partition coefficient (Wildman–Crippen LogP) is 4.57. The lowest BCUT2D eigenvalue weighted by atomic mass is 10.2. The molecule has 0 N–H and O–H groups in total. The van der Waals surface area contributed by atoms with Gasteiger partial charge < -0.3 is 4.74 Å². The highest BCUT2D eigenvalue weighted by Crippen LogP contribution is 2.24. The molecule has 0 saturated carbocycles. The SMILES string of the molecule is O=C(OCc1ccccc1)c1ccc(Br)c(Br)c1. The van der Waals surface area contributed by atoms with E-state index in [1.165, 1.54) is 0 Å². The van der Waals surface area contributed by atoms with Crippen LogP contribution in [-0.4, -0.2) is 5.97 Å². The van der Waals surface area contributed by atoms with Gasteiger partial charge in [-0.25, -0.2) is 4.79 Å². The van der Waals surface area contributed by atoms with Crippen LogP contribution in [0.3, 0.4) is 0 Å². The van der Waals surface area contributed by atoms with Crippen LogP contribution in [0, 0.1) is 0 Å². The number of carbonyl (C=O) groups is 1. The molecule has 2 aromatic carbocycles. The van der Waals surface area contributed by atoms with E-state index >= 15 is 0 Å². The molecule has 92 valence electrons. The molecule has 0 bridgehead atoms. The van der Waals surface area contributed by atoms with Crippen LogP contribution in [0.25, 0.3) is 0 Å². The molecule has 0 aliphatic heterocycles. The summed E-state index contributed by atoms with van der Waals surface area (Å²) in [4.78, 5) is 11.8. The van der Waals surface area contributed by atoms with Gasteiger partial charge in [0.05, 0.1) is 5.56 Å². The van der Waals surface area contributed by atoms with Crippen LogP contribution in [0.5, 0.6) is 0 Å². The summed E-state index contributed by atoms with van der Waals surface area (Å²) in [6, 6.07) is 14.9. The Hall–Kier alpha value is -1.13. The molecule has 0 saturated heterocycles. The number of carbonyl (C=O) groups excluding carboxylic acids is 1. The number of ether oxygens (including phenoxy) is 1. The van der Waals surface area contributed by atoms with Crippen LogP contribution in [-0.2, 0) is 11.3 Å². The van der Waals surface area contributed by atoms with Crippen molar-refractivity contribution in [2.45, 2.75) is 6.61 Å². The number of rotatable bonds is 3. The summed E-state index contributed by atoms with van der Waals surface area (Å²) in [6.45, 7) is 0.285. The standard InChI is InChI=1S/C14H10Br2O2/c15-12-7-6-11(8-13(12)16)14(17)18-9-10-4-2-1-3-5-10/h1-8H,9H2. The summed E-state index contributed by atoms with van der Waals surface area (Å²) < 4.78 is 6.97. The summed E-state index contributed by atoms with van der Waals surface area (Å²) in [5.41, 5.74) is 1.50. The van der Waals surface area contributed by atoms with Crippen LogP contribution < -0.4 is 0 Å². The van der Waals surface area contributed by atoms with Crippen molar-refractivity contribution in [1.29, 1.82) is 0 Å². The van der Waals surface area contributed by atoms with Crippen molar-refractivity contribution < 1.29 is 9.53 Å². The minimum Gasteiger partial charge on any atom is -0.457 e. The van der Waals surface area contributed by atoms with Crippen molar-refractivity contribution >= 4 is 37.8 Å².